The number of piperazine rings is 1. The summed E-state index contributed by atoms with van der Waals surface area (Å²) in [5.74, 6) is 0.778. The van der Waals surface area contributed by atoms with Gasteiger partial charge in [-0.15, -0.1) is 12.4 Å². The molecule has 0 N–H and O–H groups in total. The zero-order chi connectivity index (χ0) is 17.6. The first-order chi connectivity index (χ1) is 12.1. The largest absolute Gasteiger partial charge is 0.484 e. The Labute approximate surface area is 179 Å². The second kappa shape index (κ2) is 10.3. The molecular formula is C19H21Cl2IN2O2. The SMILES string of the molecule is Cl.O=C(COc1ccc(I)cc1)N1CCN(Cc2ccc(Cl)cc2)CC1. The van der Waals surface area contributed by atoms with Crippen molar-refractivity contribution < 1.29 is 9.53 Å². The number of benzene rings is 2. The lowest BCUT2D eigenvalue weighted by Gasteiger charge is -2.34. The van der Waals surface area contributed by atoms with Gasteiger partial charge in [-0.3, -0.25) is 9.69 Å². The van der Waals surface area contributed by atoms with Crippen LogP contribution in [0, 0.1) is 3.57 Å². The molecule has 3 rings (SSSR count). The van der Waals surface area contributed by atoms with Gasteiger partial charge in [-0.1, -0.05) is 23.7 Å². The van der Waals surface area contributed by atoms with Gasteiger partial charge in [0, 0.05) is 41.3 Å². The Morgan fingerprint density at radius 2 is 1.62 bits per heavy atom. The van der Waals surface area contributed by atoms with Gasteiger partial charge in [0.25, 0.3) is 5.91 Å². The van der Waals surface area contributed by atoms with Crippen LogP contribution in [-0.2, 0) is 11.3 Å². The molecule has 2 aromatic rings. The first-order valence-corrected chi connectivity index (χ1v) is 9.69. The van der Waals surface area contributed by atoms with Crippen molar-refractivity contribution >= 4 is 52.5 Å². The minimum Gasteiger partial charge on any atom is -0.484 e. The van der Waals surface area contributed by atoms with Crippen LogP contribution >= 0.6 is 46.6 Å². The van der Waals surface area contributed by atoms with Gasteiger partial charge in [-0.25, -0.2) is 0 Å². The molecule has 0 spiro atoms. The topological polar surface area (TPSA) is 32.8 Å². The van der Waals surface area contributed by atoms with Gasteiger partial charge in [0.05, 0.1) is 0 Å². The van der Waals surface area contributed by atoms with Crippen molar-refractivity contribution in [2.24, 2.45) is 0 Å². The highest BCUT2D eigenvalue weighted by Gasteiger charge is 2.21. The monoisotopic (exact) mass is 506 g/mol. The zero-order valence-corrected chi connectivity index (χ0v) is 18.0. The molecule has 0 saturated carbocycles. The fourth-order valence-corrected chi connectivity index (χ4v) is 3.26. The van der Waals surface area contributed by atoms with E-state index in [1.165, 1.54) is 5.56 Å². The molecule has 4 nitrogen and oxygen atoms in total. The minimum absolute atomic E-state index is 0. The van der Waals surface area contributed by atoms with Crippen molar-refractivity contribution in [2.45, 2.75) is 6.54 Å². The van der Waals surface area contributed by atoms with Crippen molar-refractivity contribution in [2.75, 3.05) is 32.8 Å². The normalized spacial score (nSPS) is 14.6. The van der Waals surface area contributed by atoms with Crippen LogP contribution in [0.4, 0.5) is 0 Å². The first kappa shape index (κ1) is 21.3. The van der Waals surface area contributed by atoms with E-state index in [2.05, 4.69) is 39.6 Å². The zero-order valence-electron chi connectivity index (χ0n) is 14.2. The number of halogens is 3. The molecule has 1 amide bonds. The van der Waals surface area contributed by atoms with E-state index in [1.807, 2.05) is 41.3 Å². The average molecular weight is 507 g/mol. The number of amides is 1. The fraction of sp³-hybridized carbons (Fsp3) is 0.316. The second-order valence-corrected chi connectivity index (χ2v) is 7.71. The molecular weight excluding hydrogens is 486 g/mol. The predicted molar refractivity (Wildman–Crippen MR) is 115 cm³/mol. The van der Waals surface area contributed by atoms with Gasteiger partial charge >= 0.3 is 0 Å². The molecule has 0 aromatic heterocycles. The van der Waals surface area contributed by atoms with E-state index in [0.717, 1.165) is 47.1 Å². The van der Waals surface area contributed by atoms with E-state index in [1.54, 1.807) is 0 Å². The summed E-state index contributed by atoms with van der Waals surface area (Å²) in [6.45, 7) is 4.21. The summed E-state index contributed by atoms with van der Waals surface area (Å²) in [6, 6.07) is 15.6. The highest BCUT2D eigenvalue weighted by Crippen LogP contribution is 2.15. The van der Waals surface area contributed by atoms with Gasteiger partial charge in [-0.05, 0) is 64.6 Å². The summed E-state index contributed by atoms with van der Waals surface area (Å²) in [5, 5.41) is 0.757. The highest BCUT2D eigenvalue weighted by atomic mass is 127. The van der Waals surface area contributed by atoms with Crippen LogP contribution in [0.5, 0.6) is 5.75 Å². The lowest BCUT2D eigenvalue weighted by Crippen LogP contribution is -2.49. The van der Waals surface area contributed by atoms with Gasteiger partial charge < -0.3 is 9.64 Å². The Bertz CT molecular complexity index is 702. The summed E-state index contributed by atoms with van der Waals surface area (Å²) in [7, 11) is 0. The third-order valence-corrected chi connectivity index (χ3v) is 5.19. The first-order valence-electron chi connectivity index (χ1n) is 8.23. The number of carbonyl (C=O) groups is 1. The molecule has 0 unspecified atom stereocenters. The molecule has 1 aliphatic rings. The molecule has 0 atom stereocenters. The smallest absolute Gasteiger partial charge is 0.260 e. The van der Waals surface area contributed by atoms with Crippen molar-refractivity contribution in [3.05, 3.63) is 62.7 Å². The fourth-order valence-electron chi connectivity index (χ4n) is 2.77. The Morgan fingerprint density at radius 1 is 1.00 bits per heavy atom. The van der Waals surface area contributed by atoms with Crippen LogP contribution in [0.15, 0.2) is 48.5 Å². The van der Waals surface area contributed by atoms with Gasteiger partial charge in [0.2, 0.25) is 0 Å². The molecule has 140 valence electrons. The molecule has 1 aliphatic heterocycles. The summed E-state index contributed by atoms with van der Waals surface area (Å²) in [5.41, 5.74) is 1.24. The van der Waals surface area contributed by atoms with Crippen molar-refractivity contribution in [1.29, 1.82) is 0 Å². The third kappa shape index (κ3) is 6.30. The van der Waals surface area contributed by atoms with Gasteiger partial charge in [-0.2, -0.15) is 0 Å². The molecule has 1 heterocycles. The van der Waals surface area contributed by atoms with Crippen LogP contribution in [0.3, 0.4) is 0 Å². The number of ether oxygens (including phenoxy) is 1. The maximum Gasteiger partial charge on any atom is 0.260 e. The Morgan fingerprint density at radius 3 is 2.23 bits per heavy atom. The molecule has 7 heteroatoms. The maximum absolute atomic E-state index is 12.3. The minimum atomic E-state index is 0. The molecule has 0 bridgehead atoms. The number of rotatable bonds is 5. The Hall–Kier alpha value is -1.02. The number of hydrogen-bond acceptors (Lipinski definition) is 3. The van der Waals surface area contributed by atoms with Crippen LogP contribution in [0.1, 0.15) is 5.56 Å². The maximum atomic E-state index is 12.3. The van der Waals surface area contributed by atoms with E-state index < -0.39 is 0 Å². The standard InChI is InChI=1S/C19H20ClIN2O2.ClH/c20-16-3-1-15(2-4-16)13-22-9-11-23(12-10-22)19(24)14-25-18-7-5-17(21)6-8-18;/h1-8H,9-14H2;1H. The van der Waals surface area contributed by atoms with Gasteiger partial charge in [0.15, 0.2) is 6.61 Å². The van der Waals surface area contributed by atoms with E-state index in [0.29, 0.717) is 0 Å². The third-order valence-electron chi connectivity index (χ3n) is 4.22. The van der Waals surface area contributed by atoms with Crippen molar-refractivity contribution in [1.82, 2.24) is 9.80 Å². The lowest BCUT2D eigenvalue weighted by atomic mass is 10.2. The average Bonchev–Trinajstić information content (AvgIpc) is 2.63. The van der Waals surface area contributed by atoms with Crippen LogP contribution in [0.2, 0.25) is 5.02 Å². The molecule has 2 aromatic carbocycles. The molecule has 1 fully saturated rings. The molecule has 0 aliphatic carbocycles. The quantitative estimate of drug-likeness (QED) is 0.572. The van der Waals surface area contributed by atoms with E-state index in [9.17, 15) is 4.79 Å². The van der Waals surface area contributed by atoms with Crippen molar-refractivity contribution in [3.63, 3.8) is 0 Å². The molecule has 1 saturated heterocycles. The highest BCUT2D eigenvalue weighted by molar-refractivity contribution is 14.1. The summed E-state index contributed by atoms with van der Waals surface area (Å²) in [6.07, 6.45) is 0. The molecule has 26 heavy (non-hydrogen) atoms. The Balaban J connectivity index is 0.00000243. The number of hydrogen-bond donors (Lipinski definition) is 0. The predicted octanol–water partition coefficient (Wildman–Crippen LogP) is 4.09. The van der Waals surface area contributed by atoms with E-state index in [-0.39, 0.29) is 24.9 Å². The number of nitrogens with zero attached hydrogens (tertiary/aromatic N) is 2. The van der Waals surface area contributed by atoms with Crippen LogP contribution in [0.25, 0.3) is 0 Å². The second-order valence-electron chi connectivity index (χ2n) is 6.03. The van der Waals surface area contributed by atoms with Gasteiger partial charge in [0.1, 0.15) is 5.75 Å². The van der Waals surface area contributed by atoms with Crippen molar-refractivity contribution in [3.8, 4) is 5.75 Å². The summed E-state index contributed by atoms with van der Waals surface area (Å²) >= 11 is 8.16. The van der Waals surface area contributed by atoms with E-state index >= 15 is 0 Å². The number of carbonyl (C=O) groups excluding carboxylic acids is 1. The van der Waals surface area contributed by atoms with E-state index in [4.69, 9.17) is 16.3 Å². The molecule has 0 radical (unpaired) electrons. The Kier molecular flexibility index (Phi) is 8.47. The van der Waals surface area contributed by atoms with Crippen LogP contribution < -0.4 is 4.74 Å². The summed E-state index contributed by atoms with van der Waals surface area (Å²) < 4.78 is 6.74. The lowest BCUT2D eigenvalue weighted by molar-refractivity contribution is -0.135. The van der Waals surface area contributed by atoms with Crippen LogP contribution in [-0.4, -0.2) is 48.5 Å². The summed E-state index contributed by atoms with van der Waals surface area (Å²) in [4.78, 5) is 16.5.